The number of amides is 1. The predicted molar refractivity (Wildman–Crippen MR) is 133 cm³/mol. The van der Waals surface area contributed by atoms with Gasteiger partial charge in [0, 0.05) is 34.3 Å². The second-order valence-electron chi connectivity index (χ2n) is 8.96. The number of benzene rings is 3. The van der Waals surface area contributed by atoms with Crippen molar-refractivity contribution in [2.24, 2.45) is 0 Å². The first-order valence-electron chi connectivity index (χ1n) is 11.6. The molecule has 3 aromatic carbocycles. The molecule has 1 saturated heterocycles. The van der Waals surface area contributed by atoms with Gasteiger partial charge < -0.3 is 24.7 Å². The van der Waals surface area contributed by atoms with E-state index in [0.29, 0.717) is 30.0 Å². The zero-order valence-electron chi connectivity index (χ0n) is 19.5. The van der Waals surface area contributed by atoms with Crippen LogP contribution in [-0.2, 0) is 10.2 Å². The lowest BCUT2D eigenvalue weighted by molar-refractivity contribution is 0.0592. The average molecular weight is 468 g/mol. The number of hydrogen-bond acceptors (Lipinski definition) is 5. The van der Waals surface area contributed by atoms with Crippen LogP contribution in [0.3, 0.4) is 0 Å². The number of aromatic amines is 1. The van der Waals surface area contributed by atoms with Crippen LogP contribution in [0.15, 0.2) is 72.8 Å². The van der Waals surface area contributed by atoms with E-state index in [-0.39, 0.29) is 12.1 Å². The van der Waals surface area contributed by atoms with Crippen molar-refractivity contribution < 1.29 is 19.1 Å². The second kappa shape index (κ2) is 7.91. The first-order valence-corrected chi connectivity index (χ1v) is 11.6. The summed E-state index contributed by atoms with van der Waals surface area (Å²) in [5, 5.41) is 4.49. The fourth-order valence-electron chi connectivity index (χ4n) is 5.84. The Morgan fingerprint density at radius 2 is 1.77 bits per heavy atom. The zero-order valence-corrected chi connectivity index (χ0v) is 19.5. The summed E-state index contributed by atoms with van der Waals surface area (Å²) in [7, 11) is 3.01. The van der Waals surface area contributed by atoms with E-state index < -0.39 is 11.4 Å². The van der Waals surface area contributed by atoms with E-state index in [1.165, 1.54) is 7.11 Å². The Bertz CT molecular complexity index is 1460. The number of carbonyl (C=O) groups is 2. The van der Waals surface area contributed by atoms with Gasteiger partial charge in [-0.05, 0) is 48.4 Å². The third-order valence-corrected chi connectivity index (χ3v) is 7.35. The molecule has 1 fully saturated rings. The van der Waals surface area contributed by atoms with E-state index in [9.17, 15) is 9.59 Å². The molecule has 7 heteroatoms. The lowest BCUT2D eigenvalue weighted by Gasteiger charge is -2.33. The van der Waals surface area contributed by atoms with Gasteiger partial charge in [0.2, 0.25) is 0 Å². The number of hydrogen-bond donors (Lipinski definition) is 2. The minimum absolute atomic E-state index is 0.0465. The third kappa shape index (κ3) is 2.97. The molecule has 1 amide bonds. The molecule has 4 aromatic rings. The molecule has 7 nitrogen and oxygen atoms in total. The number of anilines is 1. The third-order valence-electron chi connectivity index (χ3n) is 7.35. The molecule has 1 aromatic heterocycles. The topological polar surface area (TPSA) is 83.7 Å². The van der Waals surface area contributed by atoms with E-state index in [0.717, 1.165) is 27.7 Å². The van der Waals surface area contributed by atoms with Crippen molar-refractivity contribution >= 4 is 28.5 Å². The first kappa shape index (κ1) is 21.3. The van der Waals surface area contributed by atoms with Gasteiger partial charge in [0.05, 0.1) is 19.6 Å². The van der Waals surface area contributed by atoms with Gasteiger partial charge >= 0.3 is 5.97 Å². The molecule has 176 valence electrons. The van der Waals surface area contributed by atoms with Gasteiger partial charge in [0.15, 0.2) is 0 Å². The van der Waals surface area contributed by atoms with Crippen molar-refractivity contribution in [3.8, 4) is 5.75 Å². The Hall–Kier alpha value is -4.26. The van der Waals surface area contributed by atoms with Crippen molar-refractivity contribution in [3.05, 3.63) is 95.2 Å². The molecule has 0 unspecified atom stereocenters. The molecule has 2 aliphatic heterocycles. The SMILES string of the molecule is COC(=O)c1[nH]c2ccc(OC)cc2c1[C@]12CCN(C(=O)c3ccccc3)[C@H]1Nc1ccccc12. The number of para-hydroxylation sites is 1. The van der Waals surface area contributed by atoms with Gasteiger partial charge in [0.1, 0.15) is 17.6 Å². The molecule has 3 heterocycles. The largest absolute Gasteiger partial charge is 0.497 e. The van der Waals surface area contributed by atoms with Gasteiger partial charge in [-0.25, -0.2) is 4.79 Å². The Morgan fingerprint density at radius 3 is 2.54 bits per heavy atom. The van der Waals surface area contributed by atoms with E-state index >= 15 is 0 Å². The van der Waals surface area contributed by atoms with Crippen molar-refractivity contribution in [1.82, 2.24) is 9.88 Å². The summed E-state index contributed by atoms with van der Waals surface area (Å²) in [5.74, 6) is 0.201. The Labute approximate surface area is 202 Å². The van der Waals surface area contributed by atoms with Crippen LogP contribution in [0.5, 0.6) is 5.75 Å². The van der Waals surface area contributed by atoms with Crippen LogP contribution >= 0.6 is 0 Å². The molecule has 2 N–H and O–H groups in total. The molecule has 0 spiro atoms. The summed E-state index contributed by atoms with van der Waals surface area (Å²) in [6, 6.07) is 23.1. The van der Waals surface area contributed by atoms with Gasteiger partial charge in [-0.2, -0.15) is 0 Å². The van der Waals surface area contributed by atoms with Crippen LogP contribution in [0.1, 0.15) is 38.4 Å². The highest BCUT2D eigenvalue weighted by molar-refractivity contribution is 6.02. The minimum Gasteiger partial charge on any atom is -0.497 e. The van der Waals surface area contributed by atoms with Crippen molar-refractivity contribution in [1.29, 1.82) is 0 Å². The van der Waals surface area contributed by atoms with Crippen LogP contribution < -0.4 is 10.1 Å². The molecule has 0 aliphatic carbocycles. The summed E-state index contributed by atoms with van der Waals surface area (Å²) in [4.78, 5) is 31.9. The molecule has 0 saturated carbocycles. The predicted octanol–water partition coefficient (Wildman–Crippen LogP) is 4.55. The Morgan fingerprint density at radius 1 is 1.00 bits per heavy atom. The first-order chi connectivity index (χ1) is 17.1. The van der Waals surface area contributed by atoms with Gasteiger partial charge in [-0.3, -0.25) is 4.79 Å². The van der Waals surface area contributed by atoms with Crippen molar-refractivity contribution in [2.75, 3.05) is 26.1 Å². The molecular weight excluding hydrogens is 442 g/mol. The molecule has 2 aliphatic rings. The molecule has 2 atom stereocenters. The lowest BCUT2D eigenvalue weighted by atomic mass is 9.72. The number of nitrogens with one attached hydrogen (secondary N) is 2. The number of fused-ring (bicyclic) bond motifs is 4. The van der Waals surface area contributed by atoms with E-state index in [1.54, 1.807) is 7.11 Å². The number of carbonyl (C=O) groups excluding carboxylic acids is 2. The fourth-order valence-corrected chi connectivity index (χ4v) is 5.84. The van der Waals surface area contributed by atoms with Crippen LogP contribution in [0.4, 0.5) is 5.69 Å². The number of H-pyrrole nitrogens is 1. The number of rotatable bonds is 4. The van der Waals surface area contributed by atoms with Crippen LogP contribution in [0, 0.1) is 0 Å². The Kier molecular flexibility index (Phi) is 4.81. The van der Waals surface area contributed by atoms with Crippen molar-refractivity contribution in [3.63, 3.8) is 0 Å². The number of esters is 1. The average Bonchev–Trinajstić information content (AvgIpc) is 3.56. The van der Waals surface area contributed by atoms with Gasteiger partial charge in [-0.15, -0.1) is 0 Å². The number of aromatic nitrogens is 1. The molecule has 35 heavy (non-hydrogen) atoms. The monoisotopic (exact) mass is 467 g/mol. The van der Waals surface area contributed by atoms with Gasteiger partial charge in [0.25, 0.3) is 5.91 Å². The number of methoxy groups -OCH3 is 2. The smallest absolute Gasteiger partial charge is 0.354 e. The summed E-state index contributed by atoms with van der Waals surface area (Å²) in [6.07, 6.45) is 0.273. The Balaban J connectivity index is 1.61. The molecule has 6 rings (SSSR count). The zero-order chi connectivity index (χ0) is 24.2. The maximum Gasteiger partial charge on any atom is 0.354 e. The maximum absolute atomic E-state index is 13.7. The van der Waals surface area contributed by atoms with E-state index in [2.05, 4.69) is 16.4 Å². The standard InChI is InChI=1S/C28H25N3O4/c1-34-18-12-13-21-19(16-18)23(24(29-21)26(33)35-2)28-14-15-31(25(32)17-8-4-3-5-9-17)27(28)30-22-11-7-6-10-20(22)28/h3-13,16,27,29-30H,14-15H2,1-2H3/t27-,28-/m1/s1. The molecule has 0 radical (unpaired) electrons. The normalized spacial score (nSPS) is 20.3. The summed E-state index contributed by atoms with van der Waals surface area (Å²) in [5.41, 5.74) is 4.02. The second-order valence-corrected chi connectivity index (χ2v) is 8.96. The summed E-state index contributed by atoms with van der Waals surface area (Å²) < 4.78 is 10.7. The molecular formula is C28H25N3O4. The maximum atomic E-state index is 13.7. The van der Waals surface area contributed by atoms with Crippen LogP contribution in [0.25, 0.3) is 10.9 Å². The van der Waals surface area contributed by atoms with Crippen molar-refractivity contribution in [2.45, 2.75) is 18.0 Å². The van der Waals surface area contributed by atoms with E-state index in [1.807, 2.05) is 71.6 Å². The number of nitrogens with zero attached hydrogens (tertiary/aromatic N) is 1. The highest BCUT2D eigenvalue weighted by atomic mass is 16.5. The molecule has 0 bridgehead atoms. The van der Waals surface area contributed by atoms with Gasteiger partial charge in [-0.1, -0.05) is 36.4 Å². The summed E-state index contributed by atoms with van der Waals surface area (Å²) in [6.45, 7) is 0.539. The summed E-state index contributed by atoms with van der Waals surface area (Å²) >= 11 is 0. The van der Waals surface area contributed by atoms with Crippen LogP contribution in [0.2, 0.25) is 0 Å². The van der Waals surface area contributed by atoms with E-state index in [4.69, 9.17) is 9.47 Å². The number of ether oxygens (including phenoxy) is 2. The minimum atomic E-state index is -0.658. The van der Waals surface area contributed by atoms with Crippen LogP contribution in [-0.4, -0.2) is 48.7 Å². The fraction of sp³-hybridized carbons (Fsp3) is 0.214. The number of likely N-dealkylation sites (tertiary alicyclic amines) is 1. The highest BCUT2D eigenvalue weighted by Crippen LogP contribution is 2.55. The lowest BCUT2D eigenvalue weighted by Crippen LogP contribution is -2.47. The quantitative estimate of drug-likeness (QED) is 0.431. The highest BCUT2D eigenvalue weighted by Gasteiger charge is 2.58.